The molecular formula is C16H13N5S2. The van der Waals surface area contributed by atoms with Gasteiger partial charge in [0, 0.05) is 6.04 Å². The van der Waals surface area contributed by atoms with Crippen LogP contribution < -0.4 is 4.90 Å². The number of thiazole rings is 2. The van der Waals surface area contributed by atoms with Crippen molar-refractivity contribution in [3.05, 3.63) is 41.1 Å². The quantitative estimate of drug-likeness (QED) is 0.565. The highest BCUT2D eigenvalue weighted by Crippen LogP contribution is 2.36. The van der Waals surface area contributed by atoms with E-state index in [-0.39, 0.29) is 0 Å². The van der Waals surface area contributed by atoms with Gasteiger partial charge in [-0.3, -0.25) is 0 Å². The third-order valence-corrected chi connectivity index (χ3v) is 5.77. The Morgan fingerprint density at radius 2 is 2.04 bits per heavy atom. The summed E-state index contributed by atoms with van der Waals surface area (Å²) < 4.78 is 1.24. The summed E-state index contributed by atoms with van der Waals surface area (Å²) in [4.78, 5) is 21.4. The summed E-state index contributed by atoms with van der Waals surface area (Å²) in [6.07, 6.45) is 4.06. The van der Waals surface area contributed by atoms with Gasteiger partial charge in [-0.2, -0.15) is 0 Å². The van der Waals surface area contributed by atoms with Gasteiger partial charge in [0.2, 0.25) is 0 Å². The topological polar surface area (TPSA) is 54.8 Å². The van der Waals surface area contributed by atoms with Crippen molar-refractivity contribution >= 4 is 49.1 Å². The van der Waals surface area contributed by atoms with Gasteiger partial charge >= 0.3 is 0 Å². The second-order valence-corrected chi connectivity index (χ2v) is 7.59. The number of hydrogen-bond donors (Lipinski definition) is 0. The highest BCUT2D eigenvalue weighted by molar-refractivity contribution is 7.18. The maximum absolute atomic E-state index is 4.77. The van der Waals surface area contributed by atoms with Crippen molar-refractivity contribution in [2.24, 2.45) is 0 Å². The Bertz CT molecular complexity index is 955. The summed E-state index contributed by atoms with van der Waals surface area (Å²) in [7, 11) is 0. The highest BCUT2D eigenvalue weighted by atomic mass is 32.1. The molecule has 0 amide bonds. The lowest BCUT2D eigenvalue weighted by Crippen LogP contribution is -2.26. The minimum atomic E-state index is 0.543. The first kappa shape index (κ1) is 13.3. The van der Waals surface area contributed by atoms with Crippen molar-refractivity contribution < 1.29 is 0 Å². The van der Waals surface area contributed by atoms with Crippen molar-refractivity contribution in [1.82, 2.24) is 19.9 Å². The molecule has 3 aromatic heterocycles. The van der Waals surface area contributed by atoms with Crippen LogP contribution in [-0.2, 0) is 6.54 Å². The summed E-state index contributed by atoms with van der Waals surface area (Å²) in [6.45, 7) is 0.785. The van der Waals surface area contributed by atoms with Crippen molar-refractivity contribution in [2.75, 3.05) is 4.90 Å². The fourth-order valence-electron chi connectivity index (χ4n) is 2.79. The van der Waals surface area contributed by atoms with Crippen LogP contribution in [0.15, 0.2) is 36.1 Å². The zero-order chi connectivity index (χ0) is 15.2. The second kappa shape index (κ2) is 5.21. The lowest BCUT2D eigenvalue weighted by atomic mass is 10.3. The number of aromatic nitrogens is 4. The van der Waals surface area contributed by atoms with E-state index in [1.807, 2.05) is 11.6 Å². The predicted molar refractivity (Wildman–Crippen MR) is 94.0 cm³/mol. The fraction of sp³-hybridized carbons (Fsp3) is 0.250. The molecule has 0 spiro atoms. The maximum atomic E-state index is 4.77. The number of hydrogen-bond acceptors (Lipinski definition) is 7. The molecule has 1 saturated carbocycles. The molecule has 114 valence electrons. The van der Waals surface area contributed by atoms with Crippen LogP contribution in [0.4, 0.5) is 5.82 Å². The normalized spacial score (nSPS) is 14.6. The highest BCUT2D eigenvalue weighted by Gasteiger charge is 2.32. The van der Waals surface area contributed by atoms with Crippen molar-refractivity contribution in [1.29, 1.82) is 0 Å². The molecule has 5 rings (SSSR count). The third kappa shape index (κ3) is 2.36. The first-order valence-electron chi connectivity index (χ1n) is 7.54. The van der Waals surface area contributed by atoms with E-state index in [1.165, 1.54) is 17.5 Å². The Kier molecular flexibility index (Phi) is 3.02. The van der Waals surface area contributed by atoms with Crippen LogP contribution in [0.3, 0.4) is 0 Å². The van der Waals surface area contributed by atoms with Gasteiger partial charge in [-0.25, -0.2) is 19.9 Å². The summed E-state index contributed by atoms with van der Waals surface area (Å²) in [6, 6.07) is 8.84. The molecule has 1 fully saturated rings. The molecule has 23 heavy (non-hydrogen) atoms. The summed E-state index contributed by atoms with van der Waals surface area (Å²) in [5, 5.41) is 1.13. The van der Waals surface area contributed by atoms with E-state index in [9.17, 15) is 0 Å². The zero-order valence-electron chi connectivity index (χ0n) is 12.2. The zero-order valence-corrected chi connectivity index (χ0v) is 13.8. The van der Waals surface area contributed by atoms with Crippen molar-refractivity contribution in [3.8, 4) is 0 Å². The first-order valence-corrected chi connectivity index (χ1v) is 9.23. The van der Waals surface area contributed by atoms with Crippen LogP contribution in [0.1, 0.15) is 17.8 Å². The average Bonchev–Trinajstić information content (AvgIpc) is 3.15. The lowest BCUT2D eigenvalue weighted by Gasteiger charge is -2.22. The number of anilines is 1. The molecule has 0 N–H and O–H groups in total. The van der Waals surface area contributed by atoms with Gasteiger partial charge in [-0.1, -0.05) is 12.1 Å². The third-order valence-electron chi connectivity index (χ3n) is 4.02. The van der Waals surface area contributed by atoms with E-state index in [0.717, 1.165) is 33.2 Å². The number of benzene rings is 1. The molecule has 0 radical (unpaired) electrons. The first-order chi connectivity index (χ1) is 11.4. The molecule has 1 aliphatic carbocycles. The average molecular weight is 339 g/mol. The summed E-state index contributed by atoms with van der Waals surface area (Å²) in [5.41, 5.74) is 3.82. The molecule has 0 unspecified atom stereocenters. The standard InChI is InChI=1S/C16H13N5S2/c1-2-4-12-11(3-1)20-13(23-12)7-21(10-5-6-10)15-14-16(18-8-17-15)22-9-19-14/h1-4,8-10H,5-7H2. The Morgan fingerprint density at radius 3 is 2.91 bits per heavy atom. The fourth-order valence-corrected chi connectivity index (χ4v) is 4.38. The van der Waals surface area contributed by atoms with Crippen molar-refractivity contribution in [2.45, 2.75) is 25.4 Å². The molecule has 1 aliphatic rings. The molecule has 4 aromatic rings. The van der Waals surface area contributed by atoms with E-state index < -0.39 is 0 Å². The van der Waals surface area contributed by atoms with Crippen LogP contribution in [0, 0.1) is 0 Å². The predicted octanol–water partition coefficient (Wildman–Crippen LogP) is 3.87. The van der Waals surface area contributed by atoms with E-state index in [4.69, 9.17) is 4.98 Å². The Morgan fingerprint density at radius 1 is 1.13 bits per heavy atom. The number of rotatable bonds is 4. The van der Waals surface area contributed by atoms with Gasteiger partial charge < -0.3 is 4.90 Å². The minimum Gasteiger partial charge on any atom is -0.345 e. The molecule has 5 nitrogen and oxygen atoms in total. The van der Waals surface area contributed by atoms with Gasteiger partial charge in [0.05, 0.1) is 22.3 Å². The molecule has 0 saturated heterocycles. The minimum absolute atomic E-state index is 0.543. The van der Waals surface area contributed by atoms with E-state index >= 15 is 0 Å². The van der Waals surface area contributed by atoms with Crippen LogP contribution in [0.25, 0.3) is 20.6 Å². The second-order valence-electron chi connectivity index (χ2n) is 5.64. The monoisotopic (exact) mass is 339 g/mol. The molecular weight excluding hydrogens is 326 g/mol. The van der Waals surface area contributed by atoms with Gasteiger partial charge in [-0.15, -0.1) is 22.7 Å². The van der Waals surface area contributed by atoms with Gasteiger partial charge in [-0.05, 0) is 25.0 Å². The molecule has 1 aromatic carbocycles. The number of para-hydroxylation sites is 1. The smallest absolute Gasteiger partial charge is 0.160 e. The van der Waals surface area contributed by atoms with E-state index in [2.05, 4.69) is 38.1 Å². The van der Waals surface area contributed by atoms with Crippen LogP contribution in [0.2, 0.25) is 0 Å². The SMILES string of the molecule is c1ccc2sc(CN(c3ncnc4scnc34)C3CC3)nc2c1. The molecule has 0 atom stereocenters. The Balaban J connectivity index is 1.56. The van der Waals surface area contributed by atoms with Gasteiger partial charge in [0.1, 0.15) is 21.7 Å². The van der Waals surface area contributed by atoms with Crippen LogP contribution in [-0.4, -0.2) is 26.0 Å². The number of nitrogens with zero attached hydrogens (tertiary/aromatic N) is 5. The van der Waals surface area contributed by atoms with Crippen molar-refractivity contribution in [3.63, 3.8) is 0 Å². The van der Waals surface area contributed by atoms with E-state index in [1.54, 1.807) is 29.0 Å². The number of fused-ring (bicyclic) bond motifs is 2. The summed E-state index contributed by atoms with van der Waals surface area (Å²) in [5.74, 6) is 0.943. The van der Waals surface area contributed by atoms with Crippen LogP contribution >= 0.6 is 22.7 Å². The molecule has 3 heterocycles. The summed E-state index contributed by atoms with van der Waals surface area (Å²) >= 11 is 3.32. The molecule has 7 heteroatoms. The Labute approximate surface area is 140 Å². The molecule has 0 bridgehead atoms. The van der Waals surface area contributed by atoms with Gasteiger partial charge in [0.15, 0.2) is 5.82 Å². The van der Waals surface area contributed by atoms with Crippen LogP contribution in [0.5, 0.6) is 0 Å². The lowest BCUT2D eigenvalue weighted by molar-refractivity contribution is 0.777. The van der Waals surface area contributed by atoms with Gasteiger partial charge in [0.25, 0.3) is 0 Å². The maximum Gasteiger partial charge on any atom is 0.160 e. The largest absolute Gasteiger partial charge is 0.345 e. The molecule has 0 aliphatic heterocycles. The van der Waals surface area contributed by atoms with E-state index in [0.29, 0.717) is 6.04 Å². The Hall–Kier alpha value is -2.12.